The fourth-order valence-electron chi connectivity index (χ4n) is 7.75. The van der Waals surface area contributed by atoms with Crippen molar-refractivity contribution in [2.75, 3.05) is 45.8 Å². The molecule has 4 unspecified atom stereocenters. The lowest BCUT2D eigenvalue weighted by Gasteiger charge is -2.35. The molecule has 1 heterocycles. The third kappa shape index (κ3) is 30.9. The van der Waals surface area contributed by atoms with Gasteiger partial charge in [0.1, 0.15) is 0 Å². The van der Waals surface area contributed by atoms with E-state index >= 15 is 0 Å². The minimum absolute atomic E-state index is 0.175. The predicted molar refractivity (Wildman–Crippen MR) is 225 cm³/mol. The molecule has 8 heteroatoms. The Labute approximate surface area is 324 Å². The van der Waals surface area contributed by atoms with Crippen LogP contribution < -0.4 is 26.6 Å². The Bertz CT molecular complexity index is 698. The number of rotatable bonds is 40. The maximum absolute atomic E-state index is 12.2. The van der Waals surface area contributed by atoms with Gasteiger partial charge in [-0.1, -0.05) is 175 Å². The highest BCUT2D eigenvalue weighted by molar-refractivity contribution is 4.87. The summed E-state index contributed by atoms with van der Waals surface area (Å²) in [7, 11) is 0. The molecule has 1 aliphatic rings. The predicted octanol–water partition coefficient (Wildman–Crippen LogP) is 8.47. The Balaban J connectivity index is 2.71. The number of hydrogen-bond donors (Lipinski definition) is 8. The summed E-state index contributed by atoms with van der Waals surface area (Å²) < 4.78 is 0. The Morgan fingerprint density at radius 3 is 1.48 bits per heavy atom. The Hall–Kier alpha value is -0.320. The van der Waals surface area contributed by atoms with Gasteiger partial charge < -0.3 is 31.3 Å². The topological polar surface area (TPSA) is 121 Å². The maximum Gasteiger partial charge on any atom is 0.0799 e. The van der Waals surface area contributed by atoms with Crippen LogP contribution in [0.15, 0.2) is 0 Å². The molecule has 0 spiro atoms. The molecule has 52 heavy (non-hydrogen) atoms. The van der Waals surface area contributed by atoms with Gasteiger partial charge in [-0.15, -0.1) is 0 Å². The summed E-state index contributed by atoms with van der Waals surface area (Å²) >= 11 is 0. The summed E-state index contributed by atoms with van der Waals surface area (Å²) in [5, 5.41) is 51.9. The quantitative estimate of drug-likeness (QED) is 0.0233. The van der Waals surface area contributed by atoms with E-state index in [1.807, 2.05) is 0 Å². The van der Waals surface area contributed by atoms with Crippen LogP contribution in [0.4, 0.5) is 0 Å². The van der Waals surface area contributed by atoms with Crippen molar-refractivity contribution in [2.24, 2.45) is 0 Å². The van der Waals surface area contributed by atoms with Crippen LogP contribution in [0, 0.1) is 0 Å². The molecule has 0 aromatic carbocycles. The van der Waals surface area contributed by atoms with E-state index in [1.165, 1.54) is 128 Å². The van der Waals surface area contributed by atoms with Gasteiger partial charge in [0.25, 0.3) is 0 Å². The van der Waals surface area contributed by atoms with E-state index in [-0.39, 0.29) is 6.17 Å². The van der Waals surface area contributed by atoms with Crippen LogP contribution in [0.5, 0.6) is 0 Å². The summed E-state index contributed by atoms with van der Waals surface area (Å²) in [4.78, 5) is 0. The molecule has 0 aliphatic carbocycles. The van der Waals surface area contributed by atoms with Crippen molar-refractivity contribution in [3.05, 3.63) is 0 Å². The maximum atomic E-state index is 12.2. The molecule has 0 saturated carbocycles. The zero-order chi connectivity index (χ0) is 37.8. The van der Waals surface area contributed by atoms with Crippen molar-refractivity contribution < 1.29 is 15.3 Å². The van der Waals surface area contributed by atoms with Crippen LogP contribution in [0.2, 0.25) is 0 Å². The second-order valence-corrected chi connectivity index (χ2v) is 16.7. The number of aliphatic hydroxyl groups is 3. The van der Waals surface area contributed by atoms with E-state index in [0.29, 0.717) is 32.1 Å². The van der Waals surface area contributed by atoms with Gasteiger partial charge >= 0.3 is 0 Å². The van der Waals surface area contributed by atoms with Crippen LogP contribution in [0.3, 0.4) is 0 Å². The fourth-order valence-corrected chi connectivity index (χ4v) is 7.75. The Morgan fingerprint density at radius 1 is 0.596 bits per heavy atom. The van der Waals surface area contributed by atoms with Gasteiger partial charge in [0, 0.05) is 51.7 Å². The molecule has 4 atom stereocenters. The van der Waals surface area contributed by atoms with Crippen molar-refractivity contribution in [3.63, 3.8) is 0 Å². The lowest BCUT2D eigenvalue weighted by Crippen LogP contribution is -2.54. The summed E-state index contributed by atoms with van der Waals surface area (Å²) in [6, 6.07) is 0.475. The van der Waals surface area contributed by atoms with Gasteiger partial charge in [-0.05, 0) is 32.2 Å². The minimum atomic E-state index is -0.865. The molecule has 1 rings (SSSR count). The van der Waals surface area contributed by atoms with Crippen molar-refractivity contribution >= 4 is 0 Å². The van der Waals surface area contributed by atoms with Crippen LogP contribution in [0.1, 0.15) is 207 Å². The molecule has 0 aromatic rings. The normalized spacial score (nSPS) is 18.0. The van der Waals surface area contributed by atoms with Gasteiger partial charge in [-0.3, -0.25) is 10.6 Å². The first-order chi connectivity index (χ1) is 25.4. The molecular formula is C44H93N5O3. The highest BCUT2D eigenvalue weighted by Gasteiger charge is 2.30. The lowest BCUT2D eigenvalue weighted by atomic mass is 9.90. The largest absolute Gasteiger partial charge is 0.392 e. The fraction of sp³-hybridized carbons (Fsp3) is 1.00. The zero-order valence-electron chi connectivity index (χ0n) is 35.1. The highest BCUT2D eigenvalue weighted by Crippen LogP contribution is 2.22. The third-order valence-electron chi connectivity index (χ3n) is 11.3. The molecule has 1 fully saturated rings. The van der Waals surface area contributed by atoms with Crippen LogP contribution >= 0.6 is 0 Å². The molecule has 8 N–H and O–H groups in total. The minimum Gasteiger partial charge on any atom is -0.392 e. The zero-order valence-corrected chi connectivity index (χ0v) is 35.1. The summed E-state index contributed by atoms with van der Waals surface area (Å²) in [6.07, 6.45) is 33.2. The highest BCUT2D eigenvalue weighted by atomic mass is 16.3. The summed E-state index contributed by atoms with van der Waals surface area (Å²) in [6.45, 7) is 12.3. The first-order valence-electron chi connectivity index (χ1n) is 23.1. The van der Waals surface area contributed by atoms with Gasteiger partial charge in [-0.2, -0.15) is 0 Å². The molecule has 1 aliphatic heterocycles. The van der Waals surface area contributed by atoms with Crippen molar-refractivity contribution in [2.45, 2.75) is 237 Å². The monoisotopic (exact) mass is 740 g/mol. The van der Waals surface area contributed by atoms with Crippen molar-refractivity contribution in [3.8, 4) is 0 Å². The number of hydrogen-bond acceptors (Lipinski definition) is 8. The van der Waals surface area contributed by atoms with E-state index < -0.39 is 17.8 Å². The average Bonchev–Trinajstić information content (AvgIpc) is 3.15. The van der Waals surface area contributed by atoms with Gasteiger partial charge in [0.05, 0.1) is 24.0 Å². The first-order valence-corrected chi connectivity index (χ1v) is 23.1. The smallest absolute Gasteiger partial charge is 0.0799 e. The van der Waals surface area contributed by atoms with E-state index in [0.717, 1.165) is 77.5 Å². The van der Waals surface area contributed by atoms with Crippen LogP contribution in [0.25, 0.3) is 0 Å². The lowest BCUT2D eigenvalue weighted by molar-refractivity contribution is 0.00426. The number of piperazine rings is 1. The molecular weight excluding hydrogens is 647 g/mol. The van der Waals surface area contributed by atoms with E-state index in [2.05, 4.69) is 47.4 Å². The number of nitrogens with one attached hydrogen (secondary N) is 5. The molecule has 312 valence electrons. The molecule has 1 saturated heterocycles. The van der Waals surface area contributed by atoms with E-state index in [1.54, 1.807) is 0 Å². The van der Waals surface area contributed by atoms with Crippen LogP contribution in [-0.2, 0) is 0 Å². The van der Waals surface area contributed by atoms with Crippen molar-refractivity contribution in [1.29, 1.82) is 0 Å². The molecule has 0 radical (unpaired) electrons. The number of unbranched alkanes of at least 4 members (excludes halogenated alkanes) is 21. The van der Waals surface area contributed by atoms with Gasteiger partial charge in [-0.25, -0.2) is 0 Å². The molecule has 0 amide bonds. The Morgan fingerprint density at radius 2 is 1.04 bits per heavy atom. The standard InChI is InChI=1S/C44H93N5O3/c1-4-7-10-13-16-19-22-25-28-41(50)37-48-43(49-38-42(51)29-26-23-20-17-14-11-8-5-2)35-44(52,31-27-24-21-18-15-12-9-6-3)39-46-32-30-40-36-45-33-34-47-40/h40-43,45-52H,4-39H2,1-3H3. The molecule has 8 nitrogen and oxygen atoms in total. The third-order valence-corrected chi connectivity index (χ3v) is 11.3. The second kappa shape index (κ2) is 36.3. The number of aliphatic hydroxyl groups excluding tert-OH is 2. The Kier molecular flexibility index (Phi) is 34.7. The van der Waals surface area contributed by atoms with Crippen molar-refractivity contribution in [1.82, 2.24) is 26.6 Å². The average molecular weight is 740 g/mol. The molecule has 0 bridgehead atoms. The summed E-state index contributed by atoms with van der Waals surface area (Å²) in [5.74, 6) is 0. The second-order valence-electron chi connectivity index (χ2n) is 16.7. The van der Waals surface area contributed by atoms with Gasteiger partial charge in [0.15, 0.2) is 0 Å². The SMILES string of the molecule is CCCCCCCCCCC(O)CNC(CC(O)(CCCCCCCCCC)CNCCC1CNCCN1)NCC(O)CCCCCCCCCC. The van der Waals surface area contributed by atoms with Gasteiger partial charge in [0.2, 0.25) is 0 Å². The first kappa shape index (κ1) is 49.7. The van der Waals surface area contributed by atoms with Crippen LogP contribution in [-0.4, -0.2) is 91.1 Å². The van der Waals surface area contributed by atoms with E-state index in [9.17, 15) is 15.3 Å². The summed E-state index contributed by atoms with van der Waals surface area (Å²) in [5.41, 5.74) is -0.865. The molecule has 0 aromatic heterocycles. The van der Waals surface area contributed by atoms with E-state index in [4.69, 9.17) is 0 Å².